The standard InChI is InChI=1S/C16H31NO5S/c1-15(2,3)17(14(21)22-16(4,5)6)12(13(19)20)8-11-23-10-7-9-18/h12,18H,7-11H2,1-6H3,(H,19,20)/t12-/m0/s1. The van der Waals surface area contributed by atoms with Crippen LogP contribution in [0, 0.1) is 0 Å². The molecule has 1 atom stereocenters. The monoisotopic (exact) mass is 349 g/mol. The number of hydrogen-bond donors (Lipinski definition) is 2. The molecule has 0 saturated heterocycles. The van der Waals surface area contributed by atoms with Crippen LogP contribution in [0.15, 0.2) is 0 Å². The van der Waals surface area contributed by atoms with Crippen molar-refractivity contribution in [3.63, 3.8) is 0 Å². The number of nitrogens with zero attached hydrogens (tertiary/aromatic N) is 1. The van der Waals surface area contributed by atoms with E-state index in [9.17, 15) is 14.7 Å². The zero-order valence-electron chi connectivity index (χ0n) is 15.1. The maximum atomic E-state index is 12.5. The molecule has 0 heterocycles. The van der Waals surface area contributed by atoms with Crippen molar-refractivity contribution in [1.29, 1.82) is 0 Å². The van der Waals surface area contributed by atoms with Crippen LogP contribution in [0.5, 0.6) is 0 Å². The summed E-state index contributed by atoms with van der Waals surface area (Å²) in [7, 11) is 0. The molecule has 0 aliphatic carbocycles. The molecule has 0 spiro atoms. The molecule has 23 heavy (non-hydrogen) atoms. The number of carboxylic acids is 1. The highest BCUT2D eigenvalue weighted by Gasteiger charge is 2.39. The normalized spacial score (nSPS) is 13.5. The van der Waals surface area contributed by atoms with E-state index in [1.807, 2.05) is 0 Å². The predicted octanol–water partition coefficient (Wildman–Crippen LogP) is 2.98. The Morgan fingerprint density at radius 1 is 1.13 bits per heavy atom. The molecule has 2 N–H and O–H groups in total. The predicted molar refractivity (Wildman–Crippen MR) is 92.9 cm³/mol. The number of aliphatic hydroxyl groups is 1. The Labute approximate surface area is 143 Å². The van der Waals surface area contributed by atoms with Crippen molar-refractivity contribution in [2.45, 2.75) is 71.6 Å². The van der Waals surface area contributed by atoms with Gasteiger partial charge in [-0.15, -0.1) is 0 Å². The number of aliphatic carboxylic acids is 1. The van der Waals surface area contributed by atoms with Gasteiger partial charge in [0.15, 0.2) is 0 Å². The first kappa shape index (κ1) is 22.1. The van der Waals surface area contributed by atoms with Crippen LogP contribution in [0.4, 0.5) is 4.79 Å². The summed E-state index contributed by atoms with van der Waals surface area (Å²) in [4.78, 5) is 25.5. The van der Waals surface area contributed by atoms with Gasteiger partial charge in [-0.05, 0) is 65.9 Å². The molecule has 7 heteroatoms. The summed E-state index contributed by atoms with van der Waals surface area (Å²) in [6.45, 7) is 10.8. The third kappa shape index (κ3) is 9.05. The smallest absolute Gasteiger partial charge is 0.411 e. The molecule has 0 rings (SSSR count). The second kappa shape index (κ2) is 9.37. The lowest BCUT2D eigenvalue weighted by atomic mass is 10.0. The summed E-state index contributed by atoms with van der Waals surface area (Å²) >= 11 is 1.57. The highest BCUT2D eigenvalue weighted by molar-refractivity contribution is 7.99. The highest BCUT2D eigenvalue weighted by Crippen LogP contribution is 2.24. The van der Waals surface area contributed by atoms with E-state index in [1.165, 1.54) is 4.90 Å². The average Bonchev–Trinajstić information content (AvgIpc) is 2.32. The molecule has 0 aromatic heterocycles. The maximum absolute atomic E-state index is 12.5. The van der Waals surface area contributed by atoms with Gasteiger partial charge in [0.25, 0.3) is 0 Å². The molecular weight excluding hydrogens is 318 g/mol. The summed E-state index contributed by atoms with van der Waals surface area (Å²) in [5, 5.41) is 18.3. The van der Waals surface area contributed by atoms with Crippen molar-refractivity contribution in [3.05, 3.63) is 0 Å². The number of carboxylic acid groups (broad SMARTS) is 1. The molecule has 0 aliphatic heterocycles. The Balaban J connectivity index is 5.06. The number of ether oxygens (including phenoxy) is 1. The van der Waals surface area contributed by atoms with Crippen LogP contribution in [0.3, 0.4) is 0 Å². The summed E-state index contributed by atoms with van der Waals surface area (Å²) < 4.78 is 5.39. The molecule has 1 amide bonds. The molecule has 136 valence electrons. The van der Waals surface area contributed by atoms with E-state index in [4.69, 9.17) is 9.84 Å². The Morgan fingerprint density at radius 3 is 2.09 bits per heavy atom. The van der Waals surface area contributed by atoms with Crippen LogP contribution in [0.2, 0.25) is 0 Å². The van der Waals surface area contributed by atoms with Gasteiger partial charge in [0.05, 0.1) is 0 Å². The second-order valence-corrected chi connectivity index (χ2v) is 8.58. The molecule has 0 aromatic carbocycles. The average molecular weight is 349 g/mol. The van der Waals surface area contributed by atoms with Crippen molar-refractivity contribution in [1.82, 2.24) is 4.90 Å². The number of amides is 1. The van der Waals surface area contributed by atoms with Gasteiger partial charge in [0, 0.05) is 12.1 Å². The van der Waals surface area contributed by atoms with Crippen molar-refractivity contribution >= 4 is 23.8 Å². The minimum Gasteiger partial charge on any atom is -0.480 e. The summed E-state index contributed by atoms with van der Waals surface area (Å²) in [6.07, 6.45) is 0.400. The minimum absolute atomic E-state index is 0.126. The van der Waals surface area contributed by atoms with Crippen LogP contribution in [-0.2, 0) is 9.53 Å². The van der Waals surface area contributed by atoms with Crippen molar-refractivity contribution < 1.29 is 24.5 Å². The Kier molecular flexibility index (Phi) is 8.98. The van der Waals surface area contributed by atoms with Gasteiger partial charge in [-0.2, -0.15) is 11.8 Å². The fourth-order valence-electron chi connectivity index (χ4n) is 2.01. The fourth-order valence-corrected chi connectivity index (χ4v) is 2.93. The number of rotatable bonds is 8. The zero-order valence-corrected chi connectivity index (χ0v) is 15.9. The second-order valence-electron chi connectivity index (χ2n) is 7.35. The molecule has 0 unspecified atom stereocenters. The van der Waals surface area contributed by atoms with E-state index in [0.717, 1.165) is 5.75 Å². The van der Waals surface area contributed by atoms with Gasteiger partial charge in [-0.1, -0.05) is 0 Å². The third-order valence-electron chi connectivity index (χ3n) is 2.89. The third-order valence-corrected chi connectivity index (χ3v) is 3.99. The van der Waals surface area contributed by atoms with E-state index in [0.29, 0.717) is 18.6 Å². The summed E-state index contributed by atoms with van der Waals surface area (Å²) in [6, 6.07) is -0.938. The number of thioether (sulfide) groups is 1. The molecule has 0 saturated carbocycles. The van der Waals surface area contributed by atoms with Gasteiger partial charge in [0.2, 0.25) is 0 Å². The van der Waals surface area contributed by atoms with Crippen LogP contribution >= 0.6 is 11.8 Å². The molecule has 0 aromatic rings. The fraction of sp³-hybridized carbons (Fsp3) is 0.875. The number of carbonyl (C=O) groups is 2. The topological polar surface area (TPSA) is 87.1 Å². The maximum Gasteiger partial charge on any atom is 0.411 e. The van der Waals surface area contributed by atoms with Crippen LogP contribution in [0.25, 0.3) is 0 Å². The van der Waals surface area contributed by atoms with Crippen LogP contribution in [0.1, 0.15) is 54.4 Å². The lowest BCUT2D eigenvalue weighted by Crippen LogP contribution is -2.56. The first-order valence-corrected chi connectivity index (χ1v) is 8.99. The lowest BCUT2D eigenvalue weighted by Gasteiger charge is -2.40. The van der Waals surface area contributed by atoms with E-state index < -0.39 is 29.2 Å². The van der Waals surface area contributed by atoms with Gasteiger partial charge in [-0.25, -0.2) is 9.59 Å². The molecule has 0 radical (unpaired) electrons. The minimum atomic E-state index is -1.03. The van der Waals surface area contributed by atoms with E-state index in [-0.39, 0.29) is 6.61 Å². The quantitative estimate of drug-likeness (QED) is 0.655. The molecule has 6 nitrogen and oxygen atoms in total. The largest absolute Gasteiger partial charge is 0.480 e. The van der Waals surface area contributed by atoms with Crippen LogP contribution in [-0.4, -0.2) is 62.5 Å². The zero-order chi connectivity index (χ0) is 18.3. The first-order valence-electron chi connectivity index (χ1n) is 7.84. The van der Waals surface area contributed by atoms with Gasteiger partial charge < -0.3 is 14.9 Å². The van der Waals surface area contributed by atoms with Gasteiger partial charge >= 0.3 is 12.1 Å². The highest BCUT2D eigenvalue weighted by atomic mass is 32.2. The molecule has 0 aliphatic rings. The van der Waals surface area contributed by atoms with Gasteiger partial charge in [-0.3, -0.25) is 4.90 Å². The number of hydrogen-bond acceptors (Lipinski definition) is 5. The van der Waals surface area contributed by atoms with Crippen LogP contribution < -0.4 is 0 Å². The number of carbonyl (C=O) groups excluding carboxylic acids is 1. The summed E-state index contributed by atoms with van der Waals surface area (Å²) in [5.41, 5.74) is -1.35. The van der Waals surface area contributed by atoms with Crippen molar-refractivity contribution in [2.75, 3.05) is 18.1 Å². The number of aliphatic hydroxyl groups excluding tert-OH is 1. The lowest BCUT2D eigenvalue weighted by molar-refractivity contribution is -0.145. The van der Waals surface area contributed by atoms with E-state index in [1.54, 1.807) is 53.3 Å². The van der Waals surface area contributed by atoms with Crippen molar-refractivity contribution in [3.8, 4) is 0 Å². The van der Waals surface area contributed by atoms with E-state index >= 15 is 0 Å². The van der Waals surface area contributed by atoms with E-state index in [2.05, 4.69) is 0 Å². The molecule has 0 bridgehead atoms. The Hall–Kier alpha value is -0.950. The summed E-state index contributed by atoms with van der Waals surface area (Å²) in [5.74, 6) is 0.338. The first-order chi connectivity index (χ1) is 10.4. The Bertz CT molecular complexity index is 387. The van der Waals surface area contributed by atoms with Gasteiger partial charge in [0.1, 0.15) is 11.6 Å². The Morgan fingerprint density at radius 2 is 1.70 bits per heavy atom. The SMILES string of the molecule is CC(C)(C)OC(=O)N([C@@H](CCSCCCO)C(=O)O)C(C)(C)C. The van der Waals surface area contributed by atoms with Crippen molar-refractivity contribution in [2.24, 2.45) is 0 Å². The molecule has 0 fully saturated rings. The molecular formula is C16H31NO5S.